The Labute approximate surface area is 106 Å². The van der Waals surface area contributed by atoms with E-state index in [4.69, 9.17) is 11.6 Å². The number of halogens is 1. The Hall–Kier alpha value is -0.620. The molecule has 0 N–H and O–H groups in total. The summed E-state index contributed by atoms with van der Waals surface area (Å²) < 4.78 is 25.3. The van der Waals surface area contributed by atoms with Crippen molar-refractivity contribution < 1.29 is 8.42 Å². The van der Waals surface area contributed by atoms with Gasteiger partial charge in [0.05, 0.1) is 11.0 Å². The number of hydrogen-bond donors (Lipinski definition) is 0. The number of hydrogen-bond acceptors (Lipinski definition) is 4. The summed E-state index contributed by atoms with van der Waals surface area (Å²) in [5, 5.41) is 7.74. The van der Waals surface area contributed by atoms with Crippen molar-refractivity contribution in [3.8, 4) is 0 Å². The maximum Gasteiger partial charge on any atom is 0.225 e. The number of sulfone groups is 1. The summed E-state index contributed by atoms with van der Waals surface area (Å²) in [5.74, 6) is 1.21. The van der Waals surface area contributed by atoms with Gasteiger partial charge in [0.15, 0.2) is 9.84 Å². The van der Waals surface area contributed by atoms with Crippen molar-refractivity contribution in [2.75, 3.05) is 5.75 Å². The van der Waals surface area contributed by atoms with Crippen LogP contribution in [0.2, 0.25) is 5.28 Å². The minimum Gasteiger partial charge on any atom is -0.300 e. The second-order valence-electron chi connectivity index (χ2n) is 4.72. The van der Waals surface area contributed by atoms with Gasteiger partial charge in [-0.2, -0.15) is 0 Å². The lowest BCUT2D eigenvalue weighted by molar-refractivity contribution is 0.550. The molecule has 0 radical (unpaired) electrons. The van der Waals surface area contributed by atoms with Gasteiger partial charge in [0.2, 0.25) is 5.28 Å². The maximum atomic E-state index is 11.8. The average molecular weight is 278 g/mol. The SMILES string of the molecule is CC(C)c1nnc(Cl)n1CC1CCCS1(=O)=O. The van der Waals surface area contributed by atoms with Gasteiger partial charge in [-0.3, -0.25) is 0 Å². The molecule has 0 aromatic carbocycles. The summed E-state index contributed by atoms with van der Waals surface area (Å²) in [6, 6.07) is 0. The summed E-state index contributed by atoms with van der Waals surface area (Å²) >= 11 is 5.96. The highest BCUT2D eigenvalue weighted by atomic mass is 35.5. The summed E-state index contributed by atoms with van der Waals surface area (Å²) in [7, 11) is -2.96. The highest BCUT2D eigenvalue weighted by molar-refractivity contribution is 7.92. The molecule has 5 nitrogen and oxygen atoms in total. The molecule has 17 heavy (non-hydrogen) atoms. The molecule has 7 heteroatoms. The monoisotopic (exact) mass is 277 g/mol. The van der Waals surface area contributed by atoms with E-state index in [-0.39, 0.29) is 22.2 Å². The smallest absolute Gasteiger partial charge is 0.225 e. The molecule has 1 aliphatic heterocycles. The van der Waals surface area contributed by atoms with Gasteiger partial charge in [-0.15, -0.1) is 10.2 Å². The molecule has 96 valence electrons. The summed E-state index contributed by atoms with van der Waals surface area (Å²) in [4.78, 5) is 0. The molecular weight excluding hydrogens is 262 g/mol. The Morgan fingerprint density at radius 2 is 2.18 bits per heavy atom. The molecule has 0 aliphatic carbocycles. The van der Waals surface area contributed by atoms with Crippen LogP contribution in [-0.4, -0.2) is 34.2 Å². The van der Waals surface area contributed by atoms with Gasteiger partial charge in [-0.25, -0.2) is 8.42 Å². The fourth-order valence-corrected chi connectivity index (χ4v) is 4.16. The highest BCUT2D eigenvalue weighted by Crippen LogP contribution is 2.25. The third-order valence-corrected chi connectivity index (χ3v) is 5.64. The predicted molar refractivity (Wildman–Crippen MR) is 65.9 cm³/mol. The third-order valence-electron chi connectivity index (χ3n) is 3.10. The molecule has 1 aliphatic rings. The zero-order valence-corrected chi connectivity index (χ0v) is 11.5. The molecule has 1 unspecified atom stereocenters. The van der Waals surface area contributed by atoms with Crippen LogP contribution in [0.4, 0.5) is 0 Å². The minimum atomic E-state index is -2.96. The van der Waals surface area contributed by atoms with E-state index in [0.717, 1.165) is 12.2 Å². The van der Waals surface area contributed by atoms with Crippen molar-refractivity contribution in [3.63, 3.8) is 0 Å². The van der Waals surface area contributed by atoms with Crippen LogP contribution in [0.5, 0.6) is 0 Å². The molecule has 1 atom stereocenters. The second kappa shape index (κ2) is 4.57. The summed E-state index contributed by atoms with van der Waals surface area (Å²) in [6.45, 7) is 4.35. The maximum absolute atomic E-state index is 11.8. The van der Waals surface area contributed by atoms with Crippen molar-refractivity contribution in [3.05, 3.63) is 11.1 Å². The van der Waals surface area contributed by atoms with Crippen LogP contribution in [0.15, 0.2) is 0 Å². The van der Waals surface area contributed by atoms with Crippen LogP contribution in [0.1, 0.15) is 38.4 Å². The van der Waals surface area contributed by atoms with E-state index in [1.165, 1.54) is 0 Å². The number of rotatable bonds is 3. The largest absolute Gasteiger partial charge is 0.300 e. The van der Waals surface area contributed by atoms with Crippen molar-refractivity contribution in [2.24, 2.45) is 0 Å². The minimum absolute atomic E-state index is 0.180. The fourth-order valence-electron chi connectivity index (χ4n) is 2.16. The van der Waals surface area contributed by atoms with Crippen molar-refractivity contribution in [1.29, 1.82) is 0 Å². The molecule has 1 saturated heterocycles. The third kappa shape index (κ3) is 2.47. The van der Waals surface area contributed by atoms with E-state index in [1.54, 1.807) is 4.57 Å². The van der Waals surface area contributed by atoms with E-state index in [9.17, 15) is 8.42 Å². The Morgan fingerprint density at radius 3 is 2.71 bits per heavy atom. The highest BCUT2D eigenvalue weighted by Gasteiger charge is 2.32. The number of nitrogens with zero attached hydrogens (tertiary/aromatic N) is 3. The summed E-state index contributed by atoms with van der Waals surface area (Å²) in [5.41, 5.74) is 0. The van der Waals surface area contributed by atoms with Crippen LogP contribution in [-0.2, 0) is 16.4 Å². The molecule has 2 rings (SSSR count). The van der Waals surface area contributed by atoms with Crippen molar-refractivity contribution in [2.45, 2.75) is 44.4 Å². The van der Waals surface area contributed by atoms with Gasteiger partial charge in [0.25, 0.3) is 0 Å². The van der Waals surface area contributed by atoms with Crippen molar-refractivity contribution in [1.82, 2.24) is 14.8 Å². The molecule has 1 aromatic heterocycles. The fraction of sp³-hybridized carbons (Fsp3) is 0.800. The van der Waals surface area contributed by atoms with Gasteiger partial charge in [-0.1, -0.05) is 13.8 Å². The van der Waals surface area contributed by atoms with E-state index in [1.807, 2.05) is 13.8 Å². The van der Waals surface area contributed by atoms with Crippen LogP contribution in [0, 0.1) is 0 Å². The first-order valence-electron chi connectivity index (χ1n) is 5.72. The second-order valence-corrected chi connectivity index (χ2v) is 7.46. The molecule has 0 spiro atoms. The molecule has 1 fully saturated rings. The normalized spacial score (nSPS) is 23.4. The Kier molecular flexibility index (Phi) is 3.45. The number of aromatic nitrogens is 3. The first kappa shape index (κ1) is 12.8. The standard InChI is InChI=1S/C10H16ClN3O2S/c1-7(2)9-12-13-10(11)14(9)6-8-4-3-5-17(8,15)16/h7-8H,3-6H2,1-2H3. The van der Waals surface area contributed by atoms with E-state index in [2.05, 4.69) is 10.2 Å². The first-order chi connectivity index (χ1) is 7.92. The molecule has 1 aromatic rings. The average Bonchev–Trinajstić information content (AvgIpc) is 2.73. The van der Waals surface area contributed by atoms with Crippen LogP contribution in [0.3, 0.4) is 0 Å². The lowest BCUT2D eigenvalue weighted by Gasteiger charge is -2.14. The summed E-state index contributed by atoms with van der Waals surface area (Å²) in [6.07, 6.45) is 1.44. The molecule has 2 heterocycles. The van der Waals surface area contributed by atoms with Crippen LogP contribution in [0.25, 0.3) is 0 Å². The van der Waals surface area contributed by atoms with Gasteiger partial charge in [0.1, 0.15) is 5.82 Å². The topological polar surface area (TPSA) is 64.8 Å². The molecule has 0 saturated carbocycles. The predicted octanol–water partition coefficient (Wildman–Crippen LogP) is 1.63. The first-order valence-corrected chi connectivity index (χ1v) is 7.81. The van der Waals surface area contributed by atoms with Gasteiger partial charge in [-0.05, 0) is 24.4 Å². The Balaban J connectivity index is 2.27. The quantitative estimate of drug-likeness (QED) is 0.842. The van der Waals surface area contributed by atoms with Gasteiger partial charge >= 0.3 is 0 Å². The van der Waals surface area contributed by atoms with E-state index >= 15 is 0 Å². The molecule has 0 amide bonds. The van der Waals surface area contributed by atoms with E-state index in [0.29, 0.717) is 13.0 Å². The van der Waals surface area contributed by atoms with Gasteiger partial charge in [0, 0.05) is 12.5 Å². The van der Waals surface area contributed by atoms with Crippen LogP contribution < -0.4 is 0 Å². The Morgan fingerprint density at radius 1 is 1.47 bits per heavy atom. The molecular formula is C10H16ClN3O2S. The molecule has 0 bridgehead atoms. The Bertz CT molecular complexity index is 510. The van der Waals surface area contributed by atoms with E-state index < -0.39 is 9.84 Å². The zero-order chi connectivity index (χ0) is 12.6. The lowest BCUT2D eigenvalue weighted by atomic mass is 10.2. The zero-order valence-electron chi connectivity index (χ0n) is 9.93. The lowest BCUT2D eigenvalue weighted by Crippen LogP contribution is -2.23. The van der Waals surface area contributed by atoms with Crippen molar-refractivity contribution >= 4 is 21.4 Å². The van der Waals surface area contributed by atoms with Crippen LogP contribution >= 0.6 is 11.6 Å². The van der Waals surface area contributed by atoms with Gasteiger partial charge < -0.3 is 4.57 Å².